The van der Waals surface area contributed by atoms with Gasteiger partial charge in [0.05, 0.1) is 6.04 Å². The van der Waals surface area contributed by atoms with Gasteiger partial charge in [0.25, 0.3) is 0 Å². The van der Waals surface area contributed by atoms with E-state index in [1.807, 2.05) is 32.2 Å². The second-order valence-electron chi connectivity index (χ2n) is 4.80. The lowest BCUT2D eigenvalue weighted by Crippen LogP contribution is -2.11. The normalized spacial score (nSPS) is 12.6. The van der Waals surface area contributed by atoms with E-state index in [1.54, 1.807) is 11.8 Å². The molecule has 1 aromatic carbocycles. The Bertz CT molecular complexity index is 575. The first-order valence-corrected chi connectivity index (χ1v) is 7.81. The van der Waals surface area contributed by atoms with Gasteiger partial charge in [0, 0.05) is 5.56 Å². The predicted molar refractivity (Wildman–Crippen MR) is 80.8 cm³/mol. The quantitative estimate of drug-likeness (QED) is 0.881. The van der Waals surface area contributed by atoms with Crippen LogP contribution in [-0.4, -0.2) is 27.3 Å². The molecule has 3 N–H and O–H groups in total. The summed E-state index contributed by atoms with van der Waals surface area (Å²) in [5, 5.41) is 13.8. The predicted octanol–water partition coefficient (Wildman–Crippen LogP) is 2.81. The molecule has 1 heterocycles. The lowest BCUT2D eigenvalue weighted by atomic mass is 10.1. The smallest absolute Gasteiger partial charge is 0.243 e. The van der Waals surface area contributed by atoms with Gasteiger partial charge in [-0.3, -0.25) is 0 Å². The SMILES string of the molecule is CSCC[C@@H](N)c1nc(-c2cc(C)c(O)c(C)c2)no1. The number of nitrogens with zero attached hydrogens (tertiary/aromatic N) is 2. The summed E-state index contributed by atoms with van der Waals surface area (Å²) in [6.45, 7) is 3.69. The second-order valence-corrected chi connectivity index (χ2v) is 5.79. The van der Waals surface area contributed by atoms with Crippen LogP contribution in [0.1, 0.15) is 29.5 Å². The van der Waals surface area contributed by atoms with E-state index in [0.29, 0.717) is 17.5 Å². The van der Waals surface area contributed by atoms with Crippen LogP contribution in [0.15, 0.2) is 16.7 Å². The molecule has 5 nitrogen and oxygen atoms in total. The zero-order valence-electron chi connectivity index (χ0n) is 11.9. The van der Waals surface area contributed by atoms with Crippen LogP contribution in [0.25, 0.3) is 11.4 Å². The van der Waals surface area contributed by atoms with E-state index in [4.69, 9.17) is 10.3 Å². The molecule has 0 aliphatic rings. The van der Waals surface area contributed by atoms with Crippen LogP contribution in [-0.2, 0) is 0 Å². The molecule has 0 fully saturated rings. The van der Waals surface area contributed by atoms with Gasteiger partial charge in [0.1, 0.15) is 5.75 Å². The minimum Gasteiger partial charge on any atom is -0.507 e. The van der Waals surface area contributed by atoms with Gasteiger partial charge in [0.15, 0.2) is 0 Å². The maximum absolute atomic E-state index is 9.78. The van der Waals surface area contributed by atoms with Gasteiger partial charge in [-0.2, -0.15) is 16.7 Å². The van der Waals surface area contributed by atoms with Crippen LogP contribution >= 0.6 is 11.8 Å². The van der Waals surface area contributed by atoms with E-state index in [0.717, 1.165) is 28.9 Å². The molecule has 0 bridgehead atoms. The number of aromatic nitrogens is 2. The molecule has 0 aliphatic heterocycles. The fourth-order valence-corrected chi connectivity index (χ4v) is 2.45. The van der Waals surface area contributed by atoms with Crippen molar-refractivity contribution < 1.29 is 9.63 Å². The molecule has 1 aromatic heterocycles. The van der Waals surface area contributed by atoms with Gasteiger partial charge in [0.2, 0.25) is 11.7 Å². The van der Waals surface area contributed by atoms with Crippen LogP contribution in [0.2, 0.25) is 0 Å². The summed E-state index contributed by atoms with van der Waals surface area (Å²) < 4.78 is 5.23. The number of hydrogen-bond donors (Lipinski definition) is 2. The molecule has 1 atom stereocenters. The summed E-state index contributed by atoms with van der Waals surface area (Å²) in [4.78, 5) is 4.35. The maximum atomic E-state index is 9.78. The largest absolute Gasteiger partial charge is 0.507 e. The van der Waals surface area contributed by atoms with Crippen molar-refractivity contribution in [3.63, 3.8) is 0 Å². The molecule has 0 saturated heterocycles. The van der Waals surface area contributed by atoms with E-state index < -0.39 is 0 Å². The third-order valence-electron chi connectivity index (χ3n) is 3.14. The van der Waals surface area contributed by atoms with Crippen molar-refractivity contribution in [2.24, 2.45) is 5.73 Å². The second kappa shape index (κ2) is 6.28. The number of phenols is 1. The molecule has 6 heteroatoms. The molecule has 2 rings (SSSR count). The average Bonchev–Trinajstić information content (AvgIpc) is 2.91. The Balaban J connectivity index is 2.24. The monoisotopic (exact) mass is 293 g/mol. The number of aromatic hydroxyl groups is 1. The zero-order chi connectivity index (χ0) is 14.7. The highest BCUT2D eigenvalue weighted by atomic mass is 32.2. The molecule has 108 valence electrons. The van der Waals surface area contributed by atoms with E-state index in [9.17, 15) is 5.11 Å². The first-order valence-electron chi connectivity index (χ1n) is 6.41. The molecule has 0 radical (unpaired) electrons. The minimum absolute atomic E-state index is 0.233. The van der Waals surface area contributed by atoms with Crippen molar-refractivity contribution >= 4 is 11.8 Å². The number of thioether (sulfide) groups is 1. The van der Waals surface area contributed by atoms with Gasteiger partial charge >= 0.3 is 0 Å². The molecular weight excluding hydrogens is 274 g/mol. The number of benzene rings is 1. The maximum Gasteiger partial charge on any atom is 0.243 e. The third-order valence-corrected chi connectivity index (χ3v) is 3.79. The van der Waals surface area contributed by atoms with Crippen molar-refractivity contribution in [1.29, 1.82) is 0 Å². The summed E-state index contributed by atoms with van der Waals surface area (Å²) >= 11 is 1.74. The first kappa shape index (κ1) is 14.9. The zero-order valence-corrected chi connectivity index (χ0v) is 12.7. The Labute approximate surface area is 122 Å². The van der Waals surface area contributed by atoms with Gasteiger partial charge in [-0.25, -0.2) is 0 Å². The molecule has 0 amide bonds. The fraction of sp³-hybridized carbons (Fsp3) is 0.429. The Hall–Kier alpha value is -1.53. The topological polar surface area (TPSA) is 85.2 Å². The van der Waals surface area contributed by atoms with Crippen LogP contribution in [0.4, 0.5) is 0 Å². The Morgan fingerprint density at radius 1 is 1.35 bits per heavy atom. The Kier molecular flexibility index (Phi) is 4.67. The highest BCUT2D eigenvalue weighted by Gasteiger charge is 2.16. The van der Waals surface area contributed by atoms with E-state index in [2.05, 4.69) is 10.1 Å². The van der Waals surface area contributed by atoms with Crippen LogP contribution < -0.4 is 5.73 Å². The average molecular weight is 293 g/mol. The number of rotatable bonds is 5. The lowest BCUT2D eigenvalue weighted by Gasteiger charge is -2.05. The van der Waals surface area contributed by atoms with Gasteiger partial charge in [-0.05, 0) is 55.5 Å². The summed E-state index contributed by atoms with van der Waals surface area (Å²) in [5.74, 6) is 2.22. The van der Waals surface area contributed by atoms with Crippen molar-refractivity contribution in [2.45, 2.75) is 26.3 Å². The molecule has 0 spiro atoms. The number of nitrogens with two attached hydrogens (primary N) is 1. The summed E-state index contributed by atoms with van der Waals surface area (Å²) in [6.07, 6.45) is 2.84. The van der Waals surface area contributed by atoms with Crippen molar-refractivity contribution in [2.75, 3.05) is 12.0 Å². The lowest BCUT2D eigenvalue weighted by molar-refractivity contribution is 0.353. The number of phenolic OH excluding ortho intramolecular Hbond substituents is 1. The van der Waals surface area contributed by atoms with Crippen molar-refractivity contribution in [3.05, 3.63) is 29.2 Å². The molecule has 20 heavy (non-hydrogen) atoms. The highest BCUT2D eigenvalue weighted by molar-refractivity contribution is 7.98. The number of hydrogen-bond acceptors (Lipinski definition) is 6. The van der Waals surface area contributed by atoms with E-state index >= 15 is 0 Å². The Morgan fingerprint density at radius 2 is 2.00 bits per heavy atom. The highest BCUT2D eigenvalue weighted by Crippen LogP contribution is 2.28. The summed E-state index contributed by atoms with van der Waals surface area (Å²) in [7, 11) is 0. The summed E-state index contributed by atoms with van der Waals surface area (Å²) in [6, 6.07) is 3.44. The Morgan fingerprint density at radius 3 is 2.60 bits per heavy atom. The first-order chi connectivity index (χ1) is 9.52. The minimum atomic E-state index is -0.233. The van der Waals surface area contributed by atoms with Gasteiger partial charge in [-0.1, -0.05) is 5.16 Å². The number of aryl methyl sites for hydroxylation is 2. The van der Waals surface area contributed by atoms with Crippen molar-refractivity contribution in [1.82, 2.24) is 10.1 Å². The van der Waals surface area contributed by atoms with Gasteiger partial charge in [-0.15, -0.1) is 0 Å². The standard InChI is InChI=1S/C14H19N3O2S/c1-8-6-10(7-9(2)12(8)18)13-16-14(19-17-13)11(15)4-5-20-3/h6-7,11,18H,4-5,15H2,1-3H3/t11-/m1/s1. The molecule has 2 aromatic rings. The third kappa shape index (κ3) is 3.13. The van der Waals surface area contributed by atoms with E-state index in [1.165, 1.54) is 0 Å². The molecule has 0 aliphatic carbocycles. The fourth-order valence-electron chi connectivity index (χ4n) is 1.96. The van der Waals surface area contributed by atoms with Gasteiger partial charge < -0.3 is 15.4 Å². The van der Waals surface area contributed by atoms with E-state index in [-0.39, 0.29) is 6.04 Å². The van der Waals surface area contributed by atoms with Crippen LogP contribution in [0, 0.1) is 13.8 Å². The molecular formula is C14H19N3O2S. The van der Waals surface area contributed by atoms with Crippen LogP contribution in [0.5, 0.6) is 5.75 Å². The molecule has 0 saturated carbocycles. The molecule has 0 unspecified atom stereocenters. The van der Waals surface area contributed by atoms with Crippen LogP contribution in [0.3, 0.4) is 0 Å². The summed E-state index contributed by atoms with van der Waals surface area (Å²) in [5.41, 5.74) is 8.41. The van der Waals surface area contributed by atoms with Crippen molar-refractivity contribution in [3.8, 4) is 17.1 Å².